The van der Waals surface area contributed by atoms with Crippen LogP contribution in [0, 0.1) is 0 Å². The summed E-state index contributed by atoms with van der Waals surface area (Å²) in [6.45, 7) is 1.17. The number of hydrogen-bond donors (Lipinski definition) is 7. The van der Waals surface area contributed by atoms with E-state index >= 15 is 0 Å². The molecule has 7 N–H and O–H groups in total. The lowest BCUT2D eigenvalue weighted by molar-refractivity contribution is -0.220. The fourth-order valence-electron chi connectivity index (χ4n) is 6.19. The minimum absolute atomic E-state index is 0.00650. The van der Waals surface area contributed by atoms with E-state index in [2.05, 4.69) is 79.8 Å². The Balaban J connectivity index is 2.55. The third kappa shape index (κ3) is 30.8. The highest BCUT2D eigenvalue weighted by atomic mass is 31.2. The van der Waals surface area contributed by atoms with Crippen molar-refractivity contribution in [3.8, 4) is 0 Å². The summed E-state index contributed by atoms with van der Waals surface area (Å²) in [5.74, 6) is -1.26. The molecule has 0 heterocycles. The Morgan fingerprint density at radius 1 is 0.516 bits per heavy atom. The van der Waals surface area contributed by atoms with E-state index in [1.54, 1.807) is 0 Å². The Bertz CT molecular complexity index is 1490. The summed E-state index contributed by atoms with van der Waals surface area (Å²) in [4.78, 5) is 35.7. The number of aliphatic hydroxyl groups is 6. The van der Waals surface area contributed by atoms with Gasteiger partial charge in [-0.3, -0.25) is 18.6 Å². The minimum atomic E-state index is -5.16. The predicted octanol–water partition coefficient (Wildman–Crippen LogP) is 8.03. The van der Waals surface area contributed by atoms with Crippen molar-refractivity contribution in [3.63, 3.8) is 0 Å². The third-order valence-corrected chi connectivity index (χ3v) is 10.9. The quantitative estimate of drug-likeness (QED) is 0.0135. The summed E-state index contributed by atoms with van der Waals surface area (Å²) in [7, 11) is -5.16. The van der Waals surface area contributed by atoms with Crippen LogP contribution < -0.4 is 0 Å². The Kier molecular flexibility index (Phi) is 35.8. The number of esters is 2. The molecule has 64 heavy (non-hydrogen) atoms. The number of ether oxygens (including phenoxy) is 2. The molecule has 0 radical (unpaired) electrons. The van der Waals surface area contributed by atoms with E-state index in [4.69, 9.17) is 23.6 Å². The summed E-state index contributed by atoms with van der Waals surface area (Å²) in [5.41, 5.74) is 0. The van der Waals surface area contributed by atoms with Crippen LogP contribution in [0.15, 0.2) is 97.2 Å². The van der Waals surface area contributed by atoms with Crippen molar-refractivity contribution in [1.82, 2.24) is 0 Å². The van der Waals surface area contributed by atoms with Crippen LogP contribution in [0.2, 0.25) is 0 Å². The number of unbranched alkanes of at least 4 members (excludes halogenated alkanes) is 8. The lowest BCUT2D eigenvalue weighted by atomic mass is 9.85. The molecule has 1 aliphatic carbocycles. The lowest BCUT2D eigenvalue weighted by Crippen LogP contribution is -2.64. The molecule has 1 fully saturated rings. The molecule has 1 saturated carbocycles. The highest BCUT2D eigenvalue weighted by molar-refractivity contribution is 7.47. The summed E-state index contributed by atoms with van der Waals surface area (Å²) >= 11 is 0. The minimum Gasteiger partial charge on any atom is -0.462 e. The fourth-order valence-corrected chi connectivity index (χ4v) is 7.16. The first-order valence-electron chi connectivity index (χ1n) is 23.1. The number of allylic oxidation sites excluding steroid dienone is 16. The van der Waals surface area contributed by atoms with E-state index in [9.17, 15) is 44.6 Å². The molecular formula is C49H79O14P. The van der Waals surface area contributed by atoms with Crippen molar-refractivity contribution >= 4 is 19.8 Å². The van der Waals surface area contributed by atoms with Crippen LogP contribution in [-0.4, -0.2) is 110 Å². The first kappa shape index (κ1) is 58.7. The van der Waals surface area contributed by atoms with Crippen molar-refractivity contribution in [1.29, 1.82) is 0 Å². The number of carbonyl (C=O) groups is 2. The molecule has 3 unspecified atom stereocenters. The molecule has 0 spiro atoms. The second kappa shape index (κ2) is 38.9. The summed E-state index contributed by atoms with van der Waals surface area (Å²) in [6.07, 6.45) is 36.2. The second-order valence-electron chi connectivity index (χ2n) is 15.6. The molecule has 0 aromatic heterocycles. The van der Waals surface area contributed by atoms with Gasteiger partial charge >= 0.3 is 19.8 Å². The van der Waals surface area contributed by atoms with Gasteiger partial charge in [0.05, 0.1) is 6.61 Å². The summed E-state index contributed by atoms with van der Waals surface area (Å²) < 4.78 is 33.4. The van der Waals surface area contributed by atoms with E-state index in [-0.39, 0.29) is 19.4 Å². The van der Waals surface area contributed by atoms with Crippen LogP contribution in [0.25, 0.3) is 0 Å². The molecule has 15 heteroatoms. The van der Waals surface area contributed by atoms with Gasteiger partial charge in [0, 0.05) is 19.4 Å². The molecule has 0 aliphatic heterocycles. The molecule has 0 amide bonds. The van der Waals surface area contributed by atoms with Gasteiger partial charge in [-0.2, -0.15) is 0 Å². The van der Waals surface area contributed by atoms with E-state index in [1.807, 2.05) is 24.3 Å². The van der Waals surface area contributed by atoms with Crippen LogP contribution >= 0.6 is 7.82 Å². The van der Waals surface area contributed by atoms with Gasteiger partial charge in [-0.25, -0.2) is 4.57 Å². The maximum Gasteiger partial charge on any atom is 0.472 e. The van der Waals surface area contributed by atoms with Gasteiger partial charge in [0.1, 0.15) is 43.2 Å². The highest BCUT2D eigenvalue weighted by Crippen LogP contribution is 2.47. The SMILES string of the molecule is CCCCC/C=C\C/C=C\C/C=C\C/C=C\CCCC(=O)OC[C@H](COP(=O)(O)OC1[C@H](O)[C@H](O)C(O)[C@H](O)[C@H]1O)OC(=O)CCC/C=C\C/C=C\C/C=C\C/C=C\CCCCCO. The molecule has 364 valence electrons. The van der Waals surface area contributed by atoms with E-state index in [0.717, 1.165) is 70.6 Å². The van der Waals surface area contributed by atoms with Gasteiger partial charge in [-0.15, -0.1) is 0 Å². The van der Waals surface area contributed by atoms with Gasteiger partial charge < -0.3 is 45.0 Å². The number of rotatable bonds is 37. The zero-order valence-electron chi connectivity index (χ0n) is 38.0. The number of phosphoric ester groups is 1. The summed E-state index contributed by atoms with van der Waals surface area (Å²) in [5, 5.41) is 58.9. The molecule has 0 aromatic rings. The van der Waals surface area contributed by atoms with Crippen molar-refractivity contribution in [2.24, 2.45) is 0 Å². The number of phosphoric acid groups is 1. The van der Waals surface area contributed by atoms with Crippen LogP contribution in [0.1, 0.15) is 135 Å². The van der Waals surface area contributed by atoms with Gasteiger partial charge in [0.25, 0.3) is 0 Å². The average Bonchev–Trinajstić information content (AvgIpc) is 3.28. The summed E-state index contributed by atoms with van der Waals surface area (Å²) in [6, 6.07) is 0. The molecule has 0 aromatic carbocycles. The molecule has 14 nitrogen and oxygen atoms in total. The van der Waals surface area contributed by atoms with Crippen molar-refractivity contribution in [3.05, 3.63) is 97.2 Å². The zero-order valence-corrected chi connectivity index (χ0v) is 38.9. The topological polar surface area (TPSA) is 230 Å². The number of aliphatic hydroxyl groups excluding tert-OH is 6. The maximum atomic E-state index is 12.8. The highest BCUT2D eigenvalue weighted by Gasteiger charge is 2.51. The van der Waals surface area contributed by atoms with Gasteiger partial charge in [-0.05, 0) is 96.3 Å². The average molecular weight is 923 g/mol. The normalized spacial score (nSPS) is 22.4. The molecule has 0 bridgehead atoms. The monoisotopic (exact) mass is 923 g/mol. The Morgan fingerprint density at radius 2 is 0.906 bits per heavy atom. The smallest absolute Gasteiger partial charge is 0.462 e. The number of carbonyl (C=O) groups excluding carboxylic acids is 2. The van der Waals surface area contributed by atoms with E-state index < -0.39 is 75.7 Å². The fraction of sp³-hybridized carbons (Fsp3) is 0.633. The predicted molar refractivity (Wildman–Crippen MR) is 250 cm³/mol. The maximum absolute atomic E-state index is 12.8. The number of hydrogen-bond acceptors (Lipinski definition) is 13. The lowest BCUT2D eigenvalue weighted by Gasteiger charge is -2.41. The molecule has 8 atom stereocenters. The largest absolute Gasteiger partial charge is 0.472 e. The molecule has 1 aliphatic rings. The standard InChI is InChI=1S/C49H79O14P/c1-2-3-4-5-6-7-8-9-10-12-15-18-21-24-27-30-33-36-42(51)60-39-41(40-61-64(58,59)63-49-47(56)45(54)44(53)46(55)48(49)57)62-43(52)37-34-31-28-25-22-19-16-13-11-14-17-20-23-26-29-32-35-38-50/h6-7,9-11,14-16,18-20,23-25,27-28,41,44-50,53-57H,2-5,8,12-13,17,21-22,26,29-40H2,1H3,(H,58,59)/b7-6-,10-9-,14-11-,18-15-,19-16-,23-20-,27-24-,28-25-/t41-,44?,45-,46+,47-,48-,49?/m1/s1. The Labute approximate surface area is 382 Å². The van der Waals surface area contributed by atoms with Crippen molar-refractivity contribution in [2.75, 3.05) is 19.8 Å². The van der Waals surface area contributed by atoms with Crippen LogP contribution in [-0.2, 0) is 32.7 Å². The molecule has 0 saturated heterocycles. The Morgan fingerprint density at radius 3 is 1.34 bits per heavy atom. The van der Waals surface area contributed by atoms with E-state index in [0.29, 0.717) is 25.7 Å². The molecule has 1 rings (SSSR count). The van der Waals surface area contributed by atoms with E-state index in [1.165, 1.54) is 19.3 Å². The zero-order chi connectivity index (χ0) is 47.1. The van der Waals surface area contributed by atoms with Gasteiger partial charge in [0.2, 0.25) is 0 Å². The Hall–Kier alpha value is -3.27. The third-order valence-electron chi connectivity index (χ3n) is 9.95. The van der Waals surface area contributed by atoms with Crippen molar-refractivity contribution in [2.45, 2.75) is 178 Å². The van der Waals surface area contributed by atoms with Crippen LogP contribution in [0.4, 0.5) is 0 Å². The van der Waals surface area contributed by atoms with Crippen molar-refractivity contribution < 1.29 is 68.2 Å². The van der Waals surface area contributed by atoms with Gasteiger partial charge in [0.15, 0.2) is 6.10 Å². The van der Waals surface area contributed by atoms with Crippen LogP contribution in [0.5, 0.6) is 0 Å². The van der Waals surface area contributed by atoms with Crippen LogP contribution in [0.3, 0.4) is 0 Å². The second-order valence-corrected chi connectivity index (χ2v) is 17.0. The first-order chi connectivity index (χ1) is 30.9. The van der Waals surface area contributed by atoms with Gasteiger partial charge in [-0.1, -0.05) is 123 Å². The molecular weight excluding hydrogens is 843 g/mol. The first-order valence-corrected chi connectivity index (χ1v) is 24.6.